The molecule has 1 aliphatic carbocycles. The van der Waals surface area contributed by atoms with Gasteiger partial charge in [0.2, 0.25) is 0 Å². The van der Waals surface area contributed by atoms with Gasteiger partial charge in [0, 0.05) is 17.2 Å². The first-order valence-electron chi connectivity index (χ1n) is 9.35. The summed E-state index contributed by atoms with van der Waals surface area (Å²) in [5.41, 5.74) is -3.19. The fourth-order valence-corrected chi connectivity index (χ4v) is 4.12. The van der Waals surface area contributed by atoms with E-state index in [1.165, 1.54) is 25.1 Å². The summed E-state index contributed by atoms with van der Waals surface area (Å²) in [5.74, 6) is -1.19. The second kappa shape index (κ2) is 8.32. The number of amides is 1. The van der Waals surface area contributed by atoms with Crippen molar-refractivity contribution in [2.24, 2.45) is 11.0 Å². The van der Waals surface area contributed by atoms with Gasteiger partial charge in [-0.3, -0.25) is 4.79 Å². The van der Waals surface area contributed by atoms with E-state index in [9.17, 15) is 23.1 Å². The number of hydrazone groups is 1. The number of rotatable bonds is 4. The van der Waals surface area contributed by atoms with Crippen LogP contribution in [0.2, 0.25) is 10.0 Å². The summed E-state index contributed by atoms with van der Waals surface area (Å²) in [4.78, 5) is 12.8. The molecule has 0 bridgehead atoms. The van der Waals surface area contributed by atoms with Gasteiger partial charge in [-0.05, 0) is 43.9 Å². The molecule has 160 valence electrons. The van der Waals surface area contributed by atoms with E-state index in [1.807, 2.05) is 0 Å². The third-order valence-corrected chi connectivity index (χ3v) is 5.82. The van der Waals surface area contributed by atoms with Gasteiger partial charge in [-0.2, -0.15) is 23.3 Å². The van der Waals surface area contributed by atoms with Crippen molar-refractivity contribution in [1.82, 2.24) is 5.01 Å². The standard InChI is InChI=1S/C19H21Cl2F3N2O3/c1-11(29-16-8-7-13(20)9-14(16)21)17(27)26-18(28,19(22,23)24)10-15(25-26)12-5-3-2-4-6-12/h7-9,11-12,28H,2-6,10H2,1H3/t11-,18-/m0/s1. The van der Waals surface area contributed by atoms with Crippen molar-refractivity contribution in [3.8, 4) is 5.75 Å². The summed E-state index contributed by atoms with van der Waals surface area (Å²) < 4.78 is 46.5. The van der Waals surface area contributed by atoms with Crippen LogP contribution in [0, 0.1) is 5.92 Å². The Labute approximate surface area is 176 Å². The van der Waals surface area contributed by atoms with Crippen LogP contribution >= 0.6 is 23.2 Å². The summed E-state index contributed by atoms with van der Waals surface area (Å²) in [5, 5.41) is 14.9. The van der Waals surface area contributed by atoms with E-state index in [-0.39, 0.29) is 27.4 Å². The Balaban J connectivity index is 1.84. The molecule has 1 aromatic carbocycles. The lowest BCUT2D eigenvalue weighted by Crippen LogP contribution is -2.58. The Morgan fingerprint density at radius 2 is 1.97 bits per heavy atom. The van der Waals surface area contributed by atoms with Crippen LogP contribution in [0.5, 0.6) is 5.75 Å². The van der Waals surface area contributed by atoms with Gasteiger partial charge < -0.3 is 9.84 Å². The van der Waals surface area contributed by atoms with Crippen LogP contribution in [0.15, 0.2) is 23.3 Å². The Bertz CT molecular complexity index is 812. The fourth-order valence-electron chi connectivity index (χ4n) is 3.67. The summed E-state index contributed by atoms with van der Waals surface area (Å²) in [6.45, 7) is 1.28. The number of nitrogens with zero attached hydrogens (tertiary/aromatic N) is 2. The number of hydrogen-bond acceptors (Lipinski definition) is 4. The molecule has 0 radical (unpaired) electrons. The molecule has 1 heterocycles. The molecule has 2 aliphatic rings. The van der Waals surface area contributed by atoms with Crippen molar-refractivity contribution < 1.29 is 27.8 Å². The minimum absolute atomic E-state index is 0.0862. The van der Waals surface area contributed by atoms with Crippen molar-refractivity contribution in [1.29, 1.82) is 0 Å². The number of ether oxygens (including phenoxy) is 1. The van der Waals surface area contributed by atoms with E-state index in [0.29, 0.717) is 17.9 Å². The maximum absolute atomic E-state index is 13.7. The maximum atomic E-state index is 13.7. The molecule has 5 nitrogen and oxygen atoms in total. The van der Waals surface area contributed by atoms with Crippen LogP contribution < -0.4 is 4.74 Å². The van der Waals surface area contributed by atoms with Crippen LogP contribution in [0.25, 0.3) is 0 Å². The smallest absolute Gasteiger partial charge is 0.438 e. The van der Waals surface area contributed by atoms with Gasteiger partial charge in [-0.1, -0.05) is 42.5 Å². The van der Waals surface area contributed by atoms with E-state index in [2.05, 4.69) is 5.10 Å². The summed E-state index contributed by atoms with van der Waals surface area (Å²) in [6.07, 6.45) is -3.00. The molecule has 1 aliphatic heterocycles. The second-order valence-corrected chi connectivity index (χ2v) is 8.25. The highest BCUT2D eigenvalue weighted by Gasteiger charge is 2.64. The molecule has 1 fully saturated rings. The Morgan fingerprint density at radius 1 is 1.31 bits per heavy atom. The molecular formula is C19H21Cl2F3N2O3. The minimum atomic E-state index is -5.07. The minimum Gasteiger partial charge on any atom is -0.479 e. The van der Waals surface area contributed by atoms with Gasteiger partial charge in [-0.15, -0.1) is 0 Å². The molecule has 29 heavy (non-hydrogen) atoms. The van der Waals surface area contributed by atoms with E-state index < -0.39 is 30.3 Å². The lowest BCUT2D eigenvalue weighted by molar-refractivity contribution is -0.303. The van der Waals surface area contributed by atoms with Gasteiger partial charge in [-0.25, -0.2) is 0 Å². The molecule has 10 heteroatoms. The first kappa shape index (κ1) is 22.2. The highest BCUT2D eigenvalue weighted by molar-refractivity contribution is 6.35. The molecule has 0 unspecified atom stereocenters. The molecular weight excluding hydrogens is 432 g/mol. The molecule has 2 atom stereocenters. The SMILES string of the molecule is C[C@H](Oc1ccc(Cl)cc1Cl)C(=O)N1N=C(C2CCCCC2)C[C@]1(O)C(F)(F)F. The zero-order valence-corrected chi connectivity index (χ0v) is 17.2. The van der Waals surface area contributed by atoms with Crippen LogP contribution in [-0.4, -0.2) is 39.7 Å². The van der Waals surface area contributed by atoms with E-state index in [0.717, 1.165) is 19.3 Å². The van der Waals surface area contributed by atoms with Gasteiger partial charge in [0.15, 0.2) is 6.10 Å². The number of carbonyl (C=O) groups is 1. The third-order valence-electron chi connectivity index (χ3n) is 5.29. The number of benzene rings is 1. The van der Waals surface area contributed by atoms with Crippen molar-refractivity contribution >= 4 is 34.8 Å². The zero-order valence-electron chi connectivity index (χ0n) is 15.7. The van der Waals surface area contributed by atoms with Crippen molar-refractivity contribution in [3.63, 3.8) is 0 Å². The van der Waals surface area contributed by atoms with E-state index in [4.69, 9.17) is 27.9 Å². The number of aliphatic hydroxyl groups is 1. The summed E-state index contributed by atoms with van der Waals surface area (Å²) in [6, 6.07) is 4.27. The van der Waals surface area contributed by atoms with Crippen molar-refractivity contribution in [2.75, 3.05) is 0 Å². The molecule has 1 amide bonds. The monoisotopic (exact) mass is 452 g/mol. The van der Waals surface area contributed by atoms with Gasteiger partial charge in [0.05, 0.1) is 5.02 Å². The van der Waals surface area contributed by atoms with Crippen LogP contribution in [0.3, 0.4) is 0 Å². The molecule has 0 spiro atoms. The van der Waals surface area contributed by atoms with Crippen molar-refractivity contribution in [2.45, 2.75) is 63.5 Å². The van der Waals surface area contributed by atoms with Crippen LogP contribution in [0.4, 0.5) is 13.2 Å². The van der Waals surface area contributed by atoms with Gasteiger partial charge in [0.25, 0.3) is 11.6 Å². The number of alkyl halides is 3. The quantitative estimate of drug-likeness (QED) is 0.684. The normalized spacial score (nSPS) is 24.4. The first-order chi connectivity index (χ1) is 13.5. The van der Waals surface area contributed by atoms with Crippen LogP contribution in [0.1, 0.15) is 45.4 Å². The highest BCUT2D eigenvalue weighted by Crippen LogP contribution is 2.43. The second-order valence-electron chi connectivity index (χ2n) is 7.40. The summed E-state index contributed by atoms with van der Waals surface area (Å²) in [7, 11) is 0. The molecule has 1 saturated carbocycles. The number of halogens is 5. The number of carbonyl (C=O) groups excluding carboxylic acids is 1. The molecule has 0 saturated heterocycles. The van der Waals surface area contributed by atoms with E-state index >= 15 is 0 Å². The average Bonchev–Trinajstić information content (AvgIpc) is 3.03. The summed E-state index contributed by atoms with van der Waals surface area (Å²) >= 11 is 11.8. The zero-order chi connectivity index (χ0) is 21.4. The topological polar surface area (TPSA) is 62.1 Å². The third kappa shape index (κ3) is 4.49. The van der Waals surface area contributed by atoms with Crippen molar-refractivity contribution in [3.05, 3.63) is 28.2 Å². The number of hydrogen-bond donors (Lipinski definition) is 1. The molecule has 3 rings (SSSR count). The highest BCUT2D eigenvalue weighted by atomic mass is 35.5. The first-order valence-corrected chi connectivity index (χ1v) is 10.1. The van der Waals surface area contributed by atoms with Gasteiger partial charge >= 0.3 is 6.18 Å². The van der Waals surface area contributed by atoms with Crippen LogP contribution in [-0.2, 0) is 4.79 Å². The lowest BCUT2D eigenvalue weighted by atomic mass is 9.83. The predicted molar refractivity (Wildman–Crippen MR) is 103 cm³/mol. The largest absolute Gasteiger partial charge is 0.479 e. The van der Waals surface area contributed by atoms with Gasteiger partial charge in [0.1, 0.15) is 5.75 Å². The average molecular weight is 453 g/mol. The lowest BCUT2D eigenvalue weighted by Gasteiger charge is -2.34. The molecule has 1 N–H and O–H groups in total. The Morgan fingerprint density at radius 3 is 2.55 bits per heavy atom. The fraction of sp³-hybridized carbons (Fsp3) is 0.579. The molecule has 1 aromatic rings. The Hall–Kier alpha value is -1.51. The molecule has 0 aromatic heterocycles. The maximum Gasteiger partial charge on any atom is 0.438 e. The predicted octanol–water partition coefficient (Wildman–Crippen LogP) is 5.18. The Kier molecular flexibility index (Phi) is 6.36. The van der Waals surface area contributed by atoms with E-state index in [1.54, 1.807) is 0 Å².